The highest BCUT2D eigenvalue weighted by Crippen LogP contribution is 2.18. The summed E-state index contributed by atoms with van der Waals surface area (Å²) in [5.74, 6) is 0.286. The molecule has 0 bridgehead atoms. The molecule has 2 rings (SSSR count). The van der Waals surface area contributed by atoms with Crippen LogP contribution in [0.3, 0.4) is 0 Å². The SMILES string of the molecule is CC(CNC(=O)c1cc(S)cs1)c1ccccc1. The van der Waals surface area contributed by atoms with E-state index in [1.807, 2.05) is 23.6 Å². The van der Waals surface area contributed by atoms with E-state index in [9.17, 15) is 4.79 Å². The number of amides is 1. The average molecular weight is 277 g/mol. The third-order valence-electron chi connectivity index (χ3n) is 2.75. The minimum atomic E-state index is -0.0249. The molecule has 1 amide bonds. The minimum absolute atomic E-state index is 0.0249. The van der Waals surface area contributed by atoms with Gasteiger partial charge in [-0.25, -0.2) is 0 Å². The van der Waals surface area contributed by atoms with E-state index >= 15 is 0 Å². The highest BCUT2D eigenvalue weighted by atomic mass is 32.1. The first-order valence-corrected chi connectivity index (χ1v) is 7.10. The van der Waals surface area contributed by atoms with E-state index < -0.39 is 0 Å². The molecule has 1 unspecified atom stereocenters. The lowest BCUT2D eigenvalue weighted by atomic mass is 10.0. The molecule has 1 N–H and O–H groups in total. The van der Waals surface area contributed by atoms with Gasteiger partial charge in [-0.05, 0) is 17.5 Å². The number of rotatable bonds is 4. The van der Waals surface area contributed by atoms with Gasteiger partial charge in [0.25, 0.3) is 5.91 Å². The number of carbonyl (C=O) groups is 1. The molecule has 18 heavy (non-hydrogen) atoms. The monoisotopic (exact) mass is 277 g/mol. The van der Waals surface area contributed by atoms with Gasteiger partial charge < -0.3 is 5.32 Å². The highest BCUT2D eigenvalue weighted by molar-refractivity contribution is 7.80. The smallest absolute Gasteiger partial charge is 0.261 e. The molecule has 0 saturated carbocycles. The molecular weight excluding hydrogens is 262 g/mol. The van der Waals surface area contributed by atoms with Crippen LogP contribution < -0.4 is 5.32 Å². The molecule has 94 valence electrons. The van der Waals surface area contributed by atoms with Gasteiger partial charge in [0.15, 0.2) is 0 Å². The zero-order valence-electron chi connectivity index (χ0n) is 10.1. The summed E-state index contributed by atoms with van der Waals surface area (Å²) in [6.07, 6.45) is 0. The number of nitrogens with one attached hydrogen (secondary N) is 1. The minimum Gasteiger partial charge on any atom is -0.351 e. The molecule has 2 aromatic rings. The Bertz CT molecular complexity index is 522. The van der Waals surface area contributed by atoms with Crippen molar-refractivity contribution in [2.45, 2.75) is 17.7 Å². The number of thiol groups is 1. The third-order valence-corrected chi connectivity index (χ3v) is 4.11. The van der Waals surface area contributed by atoms with Gasteiger partial charge in [0.05, 0.1) is 4.88 Å². The van der Waals surface area contributed by atoms with Crippen molar-refractivity contribution >= 4 is 29.9 Å². The van der Waals surface area contributed by atoms with Crippen LogP contribution in [0.5, 0.6) is 0 Å². The fourth-order valence-corrected chi connectivity index (χ4v) is 2.74. The lowest BCUT2D eigenvalue weighted by Crippen LogP contribution is -2.26. The van der Waals surface area contributed by atoms with Gasteiger partial charge in [0.1, 0.15) is 0 Å². The summed E-state index contributed by atoms with van der Waals surface area (Å²) in [6.45, 7) is 2.75. The molecule has 1 aromatic carbocycles. The Labute approximate surface area is 116 Å². The van der Waals surface area contributed by atoms with Gasteiger partial charge in [-0.3, -0.25) is 4.79 Å². The van der Waals surface area contributed by atoms with Crippen molar-refractivity contribution in [1.29, 1.82) is 0 Å². The quantitative estimate of drug-likeness (QED) is 0.822. The first-order chi connectivity index (χ1) is 8.66. The Morgan fingerprint density at radius 1 is 1.39 bits per heavy atom. The van der Waals surface area contributed by atoms with Crippen molar-refractivity contribution in [3.05, 3.63) is 52.2 Å². The van der Waals surface area contributed by atoms with E-state index in [-0.39, 0.29) is 5.91 Å². The molecule has 0 aliphatic rings. The van der Waals surface area contributed by atoms with Gasteiger partial charge in [0.2, 0.25) is 0 Å². The molecule has 0 saturated heterocycles. The van der Waals surface area contributed by atoms with Crippen LogP contribution in [0.1, 0.15) is 28.1 Å². The van der Waals surface area contributed by atoms with Crippen molar-refractivity contribution < 1.29 is 4.79 Å². The first kappa shape index (κ1) is 13.2. The second-order valence-corrected chi connectivity index (χ2v) is 5.62. The normalized spacial score (nSPS) is 12.1. The number of hydrogen-bond acceptors (Lipinski definition) is 3. The zero-order chi connectivity index (χ0) is 13.0. The number of benzene rings is 1. The molecule has 0 spiro atoms. The van der Waals surface area contributed by atoms with Crippen LogP contribution in [0, 0.1) is 0 Å². The lowest BCUT2D eigenvalue weighted by molar-refractivity contribution is 0.0955. The van der Waals surface area contributed by atoms with Crippen molar-refractivity contribution in [1.82, 2.24) is 5.32 Å². The Hall–Kier alpha value is -1.26. The van der Waals surface area contributed by atoms with Crippen molar-refractivity contribution in [2.24, 2.45) is 0 Å². The molecule has 4 heteroatoms. The maximum atomic E-state index is 11.9. The topological polar surface area (TPSA) is 29.1 Å². The highest BCUT2D eigenvalue weighted by Gasteiger charge is 2.10. The van der Waals surface area contributed by atoms with Gasteiger partial charge in [-0.2, -0.15) is 0 Å². The zero-order valence-corrected chi connectivity index (χ0v) is 11.8. The molecule has 1 atom stereocenters. The van der Waals surface area contributed by atoms with Crippen LogP contribution in [-0.2, 0) is 0 Å². The van der Waals surface area contributed by atoms with Crippen molar-refractivity contribution in [2.75, 3.05) is 6.54 Å². The summed E-state index contributed by atoms with van der Waals surface area (Å²) < 4.78 is 0. The second kappa shape index (κ2) is 6.07. The molecule has 1 heterocycles. The van der Waals surface area contributed by atoms with E-state index in [1.165, 1.54) is 16.9 Å². The van der Waals surface area contributed by atoms with Gasteiger partial charge in [-0.1, -0.05) is 37.3 Å². The predicted molar refractivity (Wildman–Crippen MR) is 78.8 cm³/mol. The van der Waals surface area contributed by atoms with Crippen molar-refractivity contribution in [3.8, 4) is 0 Å². The van der Waals surface area contributed by atoms with Crippen LogP contribution >= 0.6 is 24.0 Å². The fourth-order valence-electron chi connectivity index (χ4n) is 1.68. The Morgan fingerprint density at radius 2 is 2.11 bits per heavy atom. The van der Waals surface area contributed by atoms with Gasteiger partial charge in [-0.15, -0.1) is 24.0 Å². The molecular formula is C14H15NOS2. The number of thiophene rings is 1. The molecule has 1 aromatic heterocycles. The van der Waals surface area contributed by atoms with E-state index in [2.05, 4.69) is 37.0 Å². The number of hydrogen-bond donors (Lipinski definition) is 2. The van der Waals surface area contributed by atoms with Crippen LogP contribution in [0.15, 0.2) is 46.7 Å². The Balaban J connectivity index is 1.90. The lowest BCUT2D eigenvalue weighted by Gasteiger charge is -2.12. The Kier molecular flexibility index (Phi) is 4.44. The van der Waals surface area contributed by atoms with Gasteiger partial charge >= 0.3 is 0 Å². The molecule has 0 aliphatic heterocycles. The largest absolute Gasteiger partial charge is 0.351 e. The average Bonchev–Trinajstić information content (AvgIpc) is 2.83. The molecule has 0 fully saturated rings. The van der Waals surface area contributed by atoms with E-state index in [0.717, 1.165) is 4.90 Å². The summed E-state index contributed by atoms with van der Waals surface area (Å²) in [4.78, 5) is 13.4. The van der Waals surface area contributed by atoms with E-state index in [0.29, 0.717) is 17.3 Å². The summed E-state index contributed by atoms with van der Waals surface area (Å²) >= 11 is 5.61. The first-order valence-electron chi connectivity index (χ1n) is 5.77. The predicted octanol–water partition coefficient (Wildman–Crippen LogP) is 3.57. The summed E-state index contributed by atoms with van der Waals surface area (Å²) in [5, 5.41) is 4.81. The standard InChI is InChI=1S/C14H15NOS2/c1-10(11-5-3-2-4-6-11)8-15-14(16)13-7-12(17)9-18-13/h2-7,9-10,17H,8H2,1H3,(H,15,16). The fraction of sp³-hybridized carbons (Fsp3) is 0.214. The molecule has 0 radical (unpaired) electrons. The van der Waals surface area contributed by atoms with E-state index in [1.54, 1.807) is 6.07 Å². The summed E-state index contributed by atoms with van der Waals surface area (Å²) in [6, 6.07) is 12.0. The van der Waals surface area contributed by atoms with Gasteiger partial charge in [0, 0.05) is 16.8 Å². The summed E-state index contributed by atoms with van der Waals surface area (Å²) in [5.41, 5.74) is 1.24. The Morgan fingerprint density at radius 3 is 2.72 bits per heavy atom. The summed E-state index contributed by atoms with van der Waals surface area (Å²) in [7, 11) is 0. The third kappa shape index (κ3) is 3.37. The number of carbonyl (C=O) groups excluding carboxylic acids is 1. The van der Waals surface area contributed by atoms with Crippen LogP contribution in [0.25, 0.3) is 0 Å². The molecule has 2 nitrogen and oxygen atoms in total. The molecule has 0 aliphatic carbocycles. The maximum Gasteiger partial charge on any atom is 0.261 e. The van der Waals surface area contributed by atoms with Crippen LogP contribution in [-0.4, -0.2) is 12.5 Å². The van der Waals surface area contributed by atoms with Crippen molar-refractivity contribution in [3.63, 3.8) is 0 Å². The van der Waals surface area contributed by atoms with E-state index in [4.69, 9.17) is 0 Å². The second-order valence-electron chi connectivity index (χ2n) is 4.19. The van der Waals surface area contributed by atoms with Crippen LogP contribution in [0.4, 0.5) is 0 Å². The van der Waals surface area contributed by atoms with Crippen LogP contribution in [0.2, 0.25) is 0 Å². The maximum absolute atomic E-state index is 11.9.